The number of hydrogen-bond acceptors (Lipinski definition) is 7. The van der Waals surface area contributed by atoms with Gasteiger partial charge >= 0.3 is 6.03 Å². The van der Waals surface area contributed by atoms with Crippen LogP contribution in [0, 0.1) is 0 Å². The van der Waals surface area contributed by atoms with Gasteiger partial charge in [-0.1, -0.05) is 0 Å². The molecule has 0 unspecified atom stereocenters. The van der Waals surface area contributed by atoms with Crippen LogP contribution in [0.4, 0.5) is 36.5 Å². The van der Waals surface area contributed by atoms with Gasteiger partial charge in [-0.3, -0.25) is 9.89 Å². The van der Waals surface area contributed by atoms with Gasteiger partial charge in [0.05, 0.1) is 28.0 Å². The van der Waals surface area contributed by atoms with Crippen LogP contribution in [0.25, 0.3) is 10.2 Å². The lowest BCUT2D eigenvalue weighted by Gasteiger charge is -2.36. The molecule has 3 heterocycles. The monoisotopic (exact) mass is 494 g/mol. The van der Waals surface area contributed by atoms with Gasteiger partial charge < -0.3 is 10.5 Å². The largest absolute Gasteiger partial charge is 0.472 e. The maximum absolute atomic E-state index is 13.9. The van der Waals surface area contributed by atoms with Gasteiger partial charge in [-0.2, -0.15) is 4.98 Å². The molecule has 0 radical (unpaired) electrons. The summed E-state index contributed by atoms with van der Waals surface area (Å²) in [6.07, 6.45) is -1.01. The summed E-state index contributed by atoms with van der Waals surface area (Å²) < 4.78 is 31.5. The number of nitrogens with two attached hydrogens (primary N) is 1. The van der Waals surface area contributed by atoms with E-state index in [0.29, 0.717) is 28.4 Å². The van der Waals surface area contributed by atoms with E-state index in [1.165, 1.54) is 22.3 Å². The molecule has 2 aromatic carbocycles. The lowest BCUT2D eigenvalue weighted by molar-refractivity contribution is 0.0796. The molecule has 8 nitrogen and oxygen atoms in total. The first kappa shape index (κ1) is 22.7. The van der Waals surface area contributed by atoms with Crippen LogP contribution in [0.5, 0.6) is 5.88 Å². The number of alkyl halides is 2. The van der Waals surface area contributed by atoms with Gasteiger partial charge in [-0.05, 0) is 42.5 Å². The van der Waals surface area contributed by atoms with Crippen molar-refractivity contribution in [2.24, 2.45) is 4.99 Å². The van der Waals surface area contributed by atoms with E-state index in [9.17, 15) is 13.6 Å². The molecule has 1 aliphatic heterocycles. The molecule has 5 rings (SSSR count). The van der Waals surface area contributed by atoms with Gasteiger partial charge in [0.25, 0.3) is 6.43 Å². The van der Waals surface area contributed by atoms with Gasteiger partial charge in [-0.25, -0.2) is 23.5 Å². The van der Waals surface area contributed by atoms with E-state index >= 15 is 0 Å². The third-order valence-electron chi connectivity index (χ3n) is 5.47. The van der Waals surface area contributed by atoms with Crippen molar-refractivity contribution in [1.29, 1.82) is 0 Å². The Kier molecular flexibility index (Phi) is 6.00. The van der Waals surface area contributed by atoms with Crippen LogP contribution in [0.2, 0.25) is 0 Å². The summed E-state index contributed by atoms with van der Waals surface area (Å²) in [7, 11) is 1.64. The van der Waals surface area contributed by atoms with Gasteiger partial charge in [0, 0.05) is 41.8 Å². The molecule has 0 atom stereocenters. The number of carbonyl (C=O) groups is 1. The summed E-state index contributed by atoms with van der Waals surface area (Å²) >= 11 is 1.49. The van der Waals surface area contributed by atoms with Crippen molar-refractivity contribution >= 4 is 56.7 Å². The van der Waals surface area contributed by atoms with E-state index in [0.717, 1.165) is 15.8 Å². The molecule has 0 fully saturated rings. The fraction of sp³-hybridized carbons (Fsp3) is 0.167. The Morgan fingerprint density at radius 3 is 2.83 bits per heavy atom. The quantitative estimate of drug-likeness (QED) is 0.292. The first-order chi connectivity index (χ1) is 16.9. The number of rotatable bonds is 6. The highest BCUT2D eigenvalue weighted by atomic mass is 32.1. The highest BCUT2D eigenvalue weighted by Crippen LogP contribution is 2.38. The van der Waals surface area contributed by atoms with E-state index in [-0.39, 0.29) is 18.5 Å². The molecule has 35 heavy (non-hydrogen) atoms. The number of benzene rings is 2. The standard InChI is InChI=1S/C24H20F2N6O2S/c1-28-10-15-8-16(3-5-18(15)27)31-11-14-2-7-22(34-12-21(25)26)30-23(14)32(24(31)33)17-4-6-20-19(9-17)29-13-35-20/h2-10,13,21H,11-12,27H2,1H3. The van der Waals surface area contributed by atoms with Crippen molar-refractivity contribution in [3.8, 4) is 5.88 Å². The predicted octanol–water partition coefficient (Wildman–Crippen LogP) is 5.24. The van der Waals surface area contributed by atoms with Crippen molar-refractivity contribution < 1.29 is 18.3 Å². The number of ether oxygens (including phenoxy) is 1. The molecule has 2 amide bonds. The number of anilines is 4. The predicted molar refractivity (Wildman–Crippen MR) is 133 cm³/mol. The van der Waals surface area contributed by atoms with Crippen LogP contribution in [0.1, 0.15) is 11.1 Å². The number of carbonyl (C=O) groups excluding carboxylic acids is 1. The average Bonchev–Trinajstić information content (AvgIpc) is 3.32. The van der Waals surface area contributed by atoms with E-state index in [1.54, 1.807) is 60.1 Å². The topological polar surface area (TPSA) is 96.9 Å². The molecule has 4 aromatic rings. The zero-order valence-corrected chi connectivity index (χ0v) is 19.4. The number of thiazole rings is 1. The number of fused-ring (bicyclic) bond motifs is 2. The molecule has 1 aliphatic rings. The minimum atomic E-state index is -2.64. The molecule has 0 saturated heterocycles. The second-order valence-corrected chi connectivity index (χ2v) is 8.63. The first-order valence-electron chi connectivity index (χ1n) is 10.6. The number of halogens is 2. The van der Waals surface area contributed by atoms with Crippen molar-refractivity contribution in [3.63, 3.8) is 0 Å². The fourth-order valence-electron chi connectivity index (χ4n) is 3.86. The Morgan fingerprint density at radius 1 is 1.20 bits per heavy atom. The number of nitrogens with zero attached hydrogens (tertiary/aromatic N) is 5. The summed E-state index contributed by atoms with van der Waals surface area (Å²) in [6, 6.07) is 13.6. The summed E-state index contributed by atoms with van der Waals surface area (Å²) in [6.45, 7) is -0.567. The number of hydrogen-bond donors (Lipinski definition) is 1. The van der Waals surface area contributed by atoms with Gasteiger partial charge in [0.1, 0.15) is 5.82 Å². The van der Waals surface area contributed by atoms with Gasteiger partial charge in [0.15, 0.2) is 6.61 Å². The Balaban J connectivity index is 1.62. The van der Waals surface area contributed by atoms with E-state index in [2.05, 4.69) is 15.0 Å². The lowest BCUT2D eigenvalue weighted by Crippen LogP contribution is -2.45. The van der Waals surface area contributed by atoms with Gasteiger partial charge in [0.2, 0.25) is 5.88 Å². The minimum Gasteiger partial charge on any atom is -0.472 e. The summed E-state index contributed by atoms with van der Waals surface area (Å²) in [5.41, 5.74) is 11.6. The molecule has 178 valence electrons. The highest BCUT2D eigenvalue weighted by Gasteiger charge is 2.34. The maximum Gasteiger partial charge on any atom is 0.335 e. The lowest BCUT2D eigenvalue weighted by atomic mass is 10.1. The van der Waals surface area contributed by atoms with E-state index in [1.807, 2.05) is 6.07 Å². The normalized spacial score (nSPS) is 13.8. The van der Waals surface area contributed by atoms with Crippen LogP contribution in [-0.4, -0.2) is 42.3 Å². The molecule has 2 N–H and O–H groups in total. The third kappa shape index (κ3) is 4.37. The molecule has 0 aliphatic carbocycles. The molecule has 0 bridgehead atoms. The first-order valence-corrected chi connectivity index (χ1v) is 11.5. The molecule has 0 saturated carbocycles. The smallest absolute Gasteiger partial charge is 0.335 e. The summed E-state index contributed by atoms with van der Waals surface area (Å²) in [4.78, 5) is 29.7. The van der Waals surface area contributed by atoms with Crippen LogP contribution in [0.15, 0.2) is 59.0 Å². The number of aromatic nitrogens is 2. The zero-order chi connectivity index (χ0) is 24.5. The fourth-order valence-corrected chi connectivity index (χ4v) is 4.51. The number of amides is 2. The Bertz CT molecular complexity index is 1440. The molecule has 11 heteroatoms. The van der Waals surface area contributed by atoms with Gasteiger partial charge in [-0.15, -0.1) is 11.3 Å². The number of nitrogen functional groups attached to an aromatic ring is 1. The highest BCUT2D eigenvalue weighted by molar-refractivity contribution is 7.16. The average molecular weight is 495 g/mol. The second kappa shape index (κ2) is 9.26. The van der Waals surface area contributed by atoms with Crippen LogP contribution < -0.4 is 20.3 Å². The minimum absolute atomic E-state index is 0.0129. The van der Waals surface area contributed by atoms with Crippen molar-refractivity contribution in [2.45, 2.75) is 13.0 Å². The number of aliphatic imine (C=N–C) groups is 1. The van der Waals surface area contributed by atoms with Crippen LogP contribution in [0.3, 0.4) is 0 Å². The summed E-state index contributed by atoms with van der Waals surface area (Å²) in [5.74, 6) is 0.331. The number of pyridine rings is 1. The van der Waals surface area contributed by atoms with E-state index in [4.69, 9.17) is 10.5 Å². The third-order valence-corrected chi connectivity index (χ3v) is 6.28. The van der Waals surface area contributed by atoms with Crippen molar-refractivity contribution in [2.75, 3.05) is 29.2 Å². The number of urea groups is 1. The molecule has 0 spiro atoms. The SMILES string of the molecule is CN=Cc1cc(N2Cc3ccc(OCC(F)F)nc3N(c3ccc4scnc4c3)C2=O)ccc1N. The Labute approximate surface area is 203 Å². The van der Waals surface area contributed by atoms with E-state index < -0.39 is 13.0 Å². The molecular weight excluding hydrogens is 474 g/mol. The van der Waals surface area contributed by atoms with Crippen molar-refractivity contribution in [1.82, 2.24) is 9.97 Å². The Hall–Kier alpha value is -4.12. The maximum atomic E-state index is 13.9. The zero-order valence-electron chi connectivity index (χ0n) is 18.6. The molecule has 2 aromatic heterocycles. The van der Waals surface area contributed by atoms with Crippen LogP contribution in [-0.2, 0) is 6.54 Å². The molecular formula is C24H20F2N6O2S. The Morgan fingerprint density at radius 2 is 2.03 bits per heavy atom. The van der Waals surface area contributed by atoms with Crippen LogP contribution >= 0.6 is 11.3 Å². The summed E-state index contributed by atoms with van der Waals surface area (Å²) in [5, 5.41) is 0. The second-order valence-electron chi connectivity index (χ2n) is 7.74. The van der Waals surface area contributed by atoms with Crippen molar-refractivity contribution in [3.05, 3.63) is 65.2 Å².